The fraction of sp³-hybridized carbons (Fsp3) is 0.294. The van der Waals surface area contributed by atoms with Crippen molar-refractivity contribution >= 4 is 23.2 Å². The number of imide groups is 1. The topological polar surface area (TPSA) is 78.4 Å². The molecular weight excluding hydrogens is 350 g/mol. The van der Waals surface area contributed by atoms with Crippen LogP contribution in [0, 0.1) is 11.6 Å². The maximum Gasteiger partial charge on any atom is 0.243 e. The fourth-order valence-corrected chi connectivity index (χ4v) is 3.06. The number of hydrogen-bond donors (Lipinski definition) is 3. The molecule has 0 saturated heterocycles. The standard InChI is InChI=1S/C17H18F2N2O3S/c1-10(20-14(9-22)15-3-2-4-25-15)17(24)21-16(23)7-11-5-12(18)8-13(19)6-11/h2-6,8,10,14,20,22H,7,9H2,1H3,(H,21,23,24)/t10-,14?/m0/s1. The zero-order valence-corrected chi connectivity index (χ0v) is 14.3. The average Bonchev–Trinajstić information content (AvgIpc) is 3.05. The molecule has 0 spiro atoms. The highest BCUT2D eigenvalue weighted by Crippen LogP contribution is 2.18. The first-order valence-corrected chi connectivity index (χ1v) is 8.46. The van der Waals surface area contributed by atoms with Crippen molar-refractivity contribution in [1.82, 2.24) is 10.6 Å². The molecule has 0 aliphatic rings. The minimum atomic E-state index is -0.786. The van der Waals surface area contributed by atoms with E-state index in [0.717, 1.165) is 17.0 Å². The Kier molecular flexibility index (Phi) is 6.74. The molecule has 2 aromatic rings. The summed E-state index contributed by atoms with van der Waals surface area (Å²) in [5, 5.41) is 16.4. The molecule has 8 heteroatoms. The van der Waals surface area contributed by atoms with Crippen molar-refractivity contribution in [2.24, 2.45) is 0 Å². The van der Waals surface area contributed by atoms with Crippen LogP contribution in [0.5, 0.6) is 0 Å². The van der Waals surface area contributed by atoms with E-state index in [1.165, 1.54) is 11.3 Å². The molecule has 0 fully saturated rings. The smallest absolute Gasteiger partial charge is 0.243 e. The van der Waals surface area contributed by atoms with Gasteiger partial charge in [0.15, 0.2) is 0 Å². The third-order valence-corrected chi connectivity index (χ3v) is 4.45. The van der Waals surface area contributed by atoms with Crippen LogP contribution in [0.4, 0.5) is 8.78 Å². The molecular formula is C17H18F2N2O3S. The summed E-state index contributed by atoms with van der Waals surface area (Å²) >= 11 is 1.44. The summed E-state index contributed by atoms with van der Waals surface area (Å²) in [6, 6.07) is 5.27. The second-order valence-electron chi connectivity index (χ2n) is 5.51. The number of aliphatic hydroxyl groups excluding tert-OH is 1. The van der Waals surface area contributed by atoms with Crippen LogP contribution in [0.25, 0.3) is 0 Å². The number of halogens is 2. The number of nitrogens with one attached hydrogen (secondary N) is 2. The van der Waals surface area contributed by atoms with Crippen LogP contribution in [-0.4, -0.2) is 29.6 Å². The van der Waals surface area contributed by atoms with Gasteiger partial charge in [0, 0.05) is 10.9 Å². The Balaban J connectivity index is 1.90. The summed E-state index contributed by atoms with van der Waals surface area (Å²) in [4.78, 5) is 24.8. The van der Waals surface area contributed by atoms with E-state index in [0.29, 0.717) is 6.07 Å². The van der Waals surface area contributed by atoms with E-state index in [4.69, 9.17) is 0 Å². The third kappa shape index (κ3) is 5.70. The predicted octanol–water partition coefficient (Wildman–Crippen LogP) is 1.92. The minimum Gasteiger partial charge on any atom is -0.394 e. The number of carbonyl (C=O) groups is 2. The molecule has 1 heterocycles. The lowest BCUT2D eigenvalue weighted by Crippen LogP contribution is -2.46. The molecule has 2 rings (SSSR count). The number of aliphatic hydroxyl groups is 1. The second-order valence-corrected chi connectivity index (χ2v) is 6.49. The molecule has 1 aromatic carbocycles. The maximum absolute atomic E-state index is 13.1. The van der Waals surface area contributed by atoms with Crippen LogP contribution in [-0.2, 0) is 16.0 Å². The number of amides is 2. The van der Waals surface area contributed by atoms with Crippen molar-refractivity contribution in [3.05, 3.63) is 57.8 Å². The number of rotatable bonds is 7. The van der Waals surface area contributed by atoms with Gasteiger partial charge in [-0.05, 0) is 36.1 Å². The monoisotopic (exact) mass is 368 g/mol. The summed E-state index contributed by atoms with van der Waals surface area (Å²) in [6.45, 7) is 1.36. The van der Waals surface area contributed by atoms with E-state index < -0.39 is 35.5 Å². The van der Waals surface area contributed by atoms with Gasteiger partial charge in [0.2, 0.25) is 11.8 Å². The highest BCUT2D eigenvalue weighted by molar-refractivity contribution is 7.10. The zero-order valence-electron chi connectivity index (χ0n) is 13.5. The molecule has 0 bridgehead atoms. The lowest BCUT2D eigenvalue weighted by molar-refractivity contribution is -0.131. The van der Waals surface area contributed by atoms with E-state index in [1.54, 1.807) is 6.92 Å². The molecule has 5 nitrogen and oxygen atoms in total. The Bertz CT molecular complexity index is 717. The molecule has 1 unspecified atom stereocenters. The fourth-order valence-electron chi connectivity index (χ4n) is 2.28. The second kappa shape index (κ2) is 8.80. The number of benzene rings is 1. The van der Waals surface area contributed by atoms with E-state index in [-0.39, 0.29) is 18.6 Å². The van der Waals surface area contributed by atoms with Gasteiger partial charge in [-0.1, -0.05) is 6.07 Å². The van der Waals surface area contributed by atoms with Crippen molar-refractivity contribution in [3.8, 4) is 0 Å². The first-order valence-electron chi connectivity index (χ1n) is 7.58. The first-order chi connectivity index (χ1) is 11.9. The Hall–Kier alpha value is -2.16. The largest absolute Gasteiger partial charge is 0.394 e. The van der Waals surface area contributed by atoms with Crippen molar-refractivity contribution in [2.75, 3.05) is 6.61 Å². The van der Waals surface area contributed by atoms with Crippen molar-refractivity contribution in [3.63, 3.8) is 0 Å². The molecule has 0 saturated carbocycles. The van der Waals surface area contributed by atoms with Crippen LogP contribution in [0.2, 0.25) is 0 Å². The van der Waals surface area contributed by atoms with E-state index in [2.05, 4.69) is 10.6 Å². The lowest BCUT2D eigenvalue weighted by Gasteiger charge is -2.20. The molecule has 1 aromatic heterocycles. The van der Waals surface area contributed by atoms with Gasteiger partial charge in [-0.15, -0.1) is 11.3 Å². The average molecular weight is 368 g/mol. The third-order valence-electron chi connectivity index (χ3n) is 3.46. The maximum atomic E-state index is 13.1. The van der Waals surface area contributed by atoms with Crippen molar-refractivity contribution < 1.29 is 23.5 Å². The lowest BCUT2D eigenvalue weighted by atomic mass is 10.1. The normalized spacial score (nSPS) is 13.3. The summed E-state index contributed by atoms with van der Waals surface area (Å²) in [5.74, 6) is -2.83. The number of thiophene rings is 1. The first kappa shape index (κ1) is 19.2. The predicted molar refractivity (Wildman–Crippen MR) is 90.0 cm³/mol. The van der Waals surface area contributed by atoms with Crippen LogP contribution < -0.4 is 10.6 Å². The Labute approximate surface area is 147 Å². The Morgan fingerprint density at radius 1 is 1.24 bits per heavy atom. The van der Waals surface area contributed by atoms with Gasteiger partial charge in [-0.3, -0.25) is 20.2 Å². The van der Waals surface area contributed by atoms with Gasteiger partial charge < -0.3 is 5.11 Å². The van der Waals surface area contributed by atoms with E-state index in [1.807, 2.05) is 17.5 Å². The molecule has 0 aliphatic heterocycles. The quantitative estimate of drug-likeness (QED) is 0.698. The van der Waals surface area contributed by atoms with Gasteiger partial charge in [-0.2, -0.15) is 0 Å². The molecule has 134 valence electrons. The van der Waals surface area contributed by atoms with Crippen LogP contribution in [0.15, 0.2) is 35.7 Å². The van der Waals surface area contributed by atoms with E-state index >= 15 is 0 Å². The summed E-state index contributed by atoms with van der Waals surface area (Å²) in [5.41, 5.74) is 0.134. The highest BCUT2D eigenvalue weighted by Gasteiger charge is 2.21. The molecule has 0 radical (unpaired) electrons. The van der Waals surface area contributed by atoms with E-state index in [9.17, 15) is 23.5 Å². The van der Waals surface area contributed by atoms with Gasteiger partial charge in [-0.25, -0.2) is 8.78 Å². The summed E-state index contributed by atoms with van der Waals surface area (Å²) in [7, 11) is 0. The zero-order chi connectivity index (χ0) is 18.4. The molecule has 2 amide bonds. The molecule has 0 aliphatic carbocycles. The summed E-state index contributed by atoms with van der Waals surface area (Å²) in [6.07, 6.45) is -0.318. The van der Waals surface area contributed by atoms with Crippen molar-refractivity contribution in [1.29, 1.82) is 0 Å². The van der Waals surface area contributed by atoms with Gasteiger partial charge >= 0.3 is 0 Å². The highest BCUT2D eigenvalue weighted by atomic mass is 32.1. The van der Waals surface area contributed by atoms with Crippen molar-refractivity contribution in [2.45, 2.75) is 25.4 Å². The number of carbonyl (C=O) groups excluding carboxylic acids is 2. The number of hydrogen-bond acceptors (Lipinski definition) is 5. The van der Waals surface area contributed by atoms with Gasteiger partial charge in [0.1, 0.15) is 11.6 Å². The van der Waals surface area contributed by atoms with Crippen LogP contribution >= 0.6 is 11.3 Å². The Morgan fingerprint density at radius 2 is 1.92 bits per heavy atom. The molecule has 3 N–H and O–H groups in total. The van der Waals surface area contributed by atoms with Gasteiger partial charge in [0.05, 0.1) is 25.1 Å². The SMILES string of the molecule is C[C@H](NC(CO)c1cccs1)C(=O)NC(=O)Cc1cc(F)cc(F)c1. The molecule has 2 atom stereocenters. The summed E-state index contributed by atoms with van der Waals surface area (Å²) < 4.78 is 26.2. The van der Waals surface area contributed by atoms with Crippen LogP contribution in [0.3, 0.4) is 0 Å². The minimum absolute atomic E-state index is 0.134. The van der Waals surface area contributed by atoms with Gasteiger partial charge in [0.25, 0.3) is 0 Å². The Morgan fingerprint density at radius 3 is 2.48 bits per heavy atom. The van der Waals surface area contributed by atoms with Crippen LogP contribution in [0.1, 0.15) is 23.4 Å². The molecule has 25 heavy (non-hydrogen) atoms.